The summed E-state index contributed by atoms with van der Waals surface area (Å²) < 4.78 is 5.72. The maximum atomic E-state index is 12.1. The van der Waals surface area contributed by atoms with Gasteiger partial charge in [0.05, 0.1) is 0 Å². The molecule has 2 aromatic carbocycles. The Labute approximate surface area is 138 Å². The molecule has 0 unspecified atom stereocenters. The highest BCUT2D eigenvalue weighted by molar-refractivity contribution is 5.80. The molecule has 0 aliphatic rings. The molecule has 0 bridgehead atoms. The first-order valence-electron chi connectivity index (χ1n) is 8.12. The maximum absolute atomic E-state index is 12.1. The van der Waals surface area contributed by atoms with Crippen molar-refractivity contribution < 1.29 is 9.53 Å². The Kier molecular flexibility index (Phi) is 6.21. The minimum atomic E-state index is -0.490. The van der Waals surface area contributed by atoms with Crippen LogP contribution in [0.1, 0.15) is 30.0 Å². The summed E-state index contributed by atoms with van der Waals surface area (Å²) in [6.07, 6.45) is 1.40. The maximum Gasteiger partial charge on any atom is 0.260 e. The van der Waals surface area contributed by atoms with Crippen LogP contribution in [0.5, 0.6) is 5.75 Å². The minimum absolute atomic E-state index is 0.0721. The van der Waals surface area contributed by atoms with Gasteiger partial charge in [0.15, 0.2) is 6.10 Å². The summed E-state index contributed by atoms with van der Waals surface area (Å²) in [4.78, 5) is 12.1. The smallest absolute Gasteiger partial charge is 0.260 e. The number of aryl methyl sites for hydroxylation is 3. The Morgan fingerprint density at radius 3 is 2.48 bits per heavy atom. The van der Waals surface area contributed by atoms with Crippen LogP contribution in [0.15, 0.2) is 48.5 Å². The van der Waals surface area contributed by atoms with Crippen LogP contribution in [-0.4, -0.2) is 18.6 Å². The summed E-state index contributed by atoms with van der Waals surface area (Å²) in [5, 5.41) is 2.94. The molecule has 0 aliphatic carbocycles. The van der Waals surface area contributed by atoms with Crippen molar-refractivity contribution in [2.45, 2.75) is 39.7 Å². The van der Waals surface area contributed by atoms with E-state index >= 15 is 0 Å². The molecule has 0 aliphatic heterocycles. The van der Waals surface area contributed by atoms with E-state index in [-0.39, 0.29) is 5.91 Å². The van der Waals surface area contributed by atoms with Gasteiger partial charge in [-0.2, -0.15) is 0 Å². The summed E-state index contributed by atoms with van der Waals surface area (Å²) in [5.74, 6) is 0.687. The van der Waals surface area contributed by atoms with Gasteiger partial charge in [0.25, 0.3) is 5.91 Å². The average molecular weight is 311 g/mol. The number of amides is 1. The van der Waals surface area contributed by atoms with E-state index in [0.29, 0.717) is 6.54 Å². The number of hydrogen-bond acceptors (Lipinski definition) is 2. The second-order valence-corrected chi connectivity index (χ2v) is 5.91. The highest BCUT2D eigenvalue weighted by Gasteiger charge is 2.14. The van der Waals surface area contributed by atoms with Gasteiger partial charge in [0.1, 0.15) is 5.75 Å². The fraction of sp³-hybridized carbons (Fsp3) is 0.350. The molecule has 0 heterocycles. The number of benzene rings is 2. The van der Waals surface area contributed by atoms with E-state index in [0.717, 1.165) is 24.2 Å². The van der Waals surface area contributed by atoms with Gasteiger partial charge in [-0.05, 0) is 50.8 Å². The van der Waals surface area contributed by atoms with Crippen LogP contribution in [0.3, 0.4) is 0 Å². The number of para-hydroxylation sites is 1. The van der Waals surface area contributed by atoms with Gasteiger partial charge in [-0.3, -0.25) is 4.79 Å². The summed E-state index contributed by atoms with van der Waals surface area (Å²) in [6, 6.07) is 16.2. The van der Waals surface area contributed by atoms with Gasteiger partial charge in [-0.1, -0.05) is 48.0 Å². The van der Waals surface area contributed by atoms with E-state index in [2.05, 4.69) is 36.5 Å². The van der Waals surface area contributed by atoms with Crippen molar-refractivity contribution in [1.29, 1.82) is 0 Å². The fourth-order valence-electron chi connectivity index (χ4n) is 2.34. The van der Waals surface area contributed by atoms with Crippen LogP contribution in [0, 0.1) is 13.8 Å². The number of rotatable bonds is 7. The second kappa shape index (κ2) is 8.37. The third kappa shape index (κ3) is 5.44. The molecule has 2 aromatic rings. The van der Waals surface area contributed by atoms with Crippen LogP contribution in [0.25, 0.3) is 0 Å². The lowest BCUT2D eigenvalue weighted by Gasteiger charge is -2.16. The van der Waals surface area contributed by atoms with Crippen molar-refractivity contribution >= 4 is 5.91 Å². The molecule has 0 fully saturated rings. The van der Waals surface area contributed by atoms with E-state index < -0.39 is 6.10 Å². The molecular formula is C20H25NO2. The van der Waals surface area contributed by atoms with Crippen LogP contribution in [-0.2, 0) is 11.2 Å². The fourth-order valence-corrected chi connectivity index (χ4v) is 2.34. The van der Waals surface area contributed by atoms with Crippen LogP contribution in [0.2, 0.25) is 0 Å². The normalized spacial score (nSPS) is 11.8. The third-order valence-corrected chi connectivity index (χ3v) is 3.83. The van der Waals surface area contributed by atoms with Crippen LogP contribution >= 0.6 is 0 Å². The molecule has 1 amide bonds. The van der Waals surface area contributed by atoms with Gasteiger partial charge in [-0.15, -0.1) is 0 Å². The summed E-state index contributed by atoms with van der Waals surface area (Å²) >= 11 is 0. The van der Waals surface area contributed by atoms with Crippen LogP contribution < -0.4 is 10.1 Å². The largest absolute Gasteiger partial charge is 0.481 e. The third-order valence-electron chi connectivity index (χ3n) is 3.83. The molecule has 0 saturated heterocycles. The first-order valence-corrected chi connectivity index (χ1v) is 8.12. The molecule has 0 aromatic heterocycles. The van der Waals surface area contributed by atoms with Gasteiger partial charge in [0, 0.05) is 6.54 Å². The molecule has 122 valence electrons. The van der Waals surface area contributed by atoms with Gasteiger partial charge in [0.2, 0.25) is 0 Å². The van der Waals surface area contributed by atoms with E-state index in [4.69, 9.17) is 4.74 Å². The molecule has 0 radical (unpaired) electrons. The molecule has 2 rings (SSSR count). The predicted octanol–water partition coefficient (Wildman–Crippen LogP) is 3.82. The molecule has 3 nitrogen and oxygen atoms in total. The molecule has 1 N–H and O–H groups in total. The Hall–Kier alpha value is -2.29. The number of hydrogen-bond donors (Lipinski definition) is 1. The summed E-state index contributed by atoms with van der Waals surface area (Å²) in [6.45, 7) is 6.50. The topological polar surface area (TPSA) is 38.3 Å². The number of carbonyl (C=O) groups excluding carboxylic acids is 1. The lowest BCUT2D eigenvalue weighted by molar-refractivity contribution is -0.127. The first-order chi connectivity index (χ1) is 11.1. The zero-order valence-electron chi connectivity index (χ0n) is 14.1. The Morgan fingerprint density at radius 2 is 1.78 bits per heavy atom. The summed E-state index contributed by atoms with van der Waals surface area (Å²) in [5.41, 5.74) is 3.60. The zero-order chi connectivity index (χ0) is 16.7. The average Bonchev–Trinajstić information content (AvgIpc) is 2.55. The first kappa shape index (κ1) is 17.1. The van der Waals surface area contributed by atoms with Crippen molar-refractivity contribution in [2.75, 3.05) is 6.54 Å². The molecule has 3 heteroatoms. The summed E-state index contributed by atoms with van der Waals surface area (Å²) in [7, 11) is 0. The molecule has 0 spiro atoms. The van der Waals surface area contributed by atoms with E-state index in [9.17, 15) is 4.79 Å². The van der Waals surface area contributed by atoms with Crippen molar-refractivity contribution in [2.24, 2.45) is 0 Å². The van der Waals surface area contributed by atoms with Crippen LogP contribution in [0.4, 0.5) is 0 Å². The Balaban J connectivity index is 1.72. The number of nitrogens with one attached hydrogen (secondary N) is 1. The van der Waals surface area contributed by atoms with Gasteiger partial charge >= 0.3 is 0 Å². The molecule has 0 saturated carbocycles. The molecular weight excluding hydrogens is 286 g/mol. The van der Waals surface area contributed by atoms with Crippen molar-refractivity contribution in [3.8, 4) is 5.75 Å². The lowest BCUT2D eigenvalue weighted by atomic mass is 10.1. The number of carbonyl (C=O) groups is 1. The monoisotopic (exact) mass is 311 g/mol. The highest BCUT2D eigenvalue weighted by Crippen LogP contribution is 2.17. The quantitative estimate of drug-likeness (QED) is 0.789. The number of ether oxygens (including phenoxy) is 1. The predicted molar refractivity (Wildman–Crippen MR) is 93.8 cm³/mol. The standard InChI is InChI=1S/C20H25NO2/c1-15-10-12-18(13-11-15)8-6-14-21-20(22)17(3)23-19-9-5-4-7-16(19)2/h4-5,7,9-13,17H,6,8,14H2,1-3H3,(H,21,22)/t17-/m1/s1. The van der Waals surface area contributed by atoms with Crippen molar-refractivity contribution in [3.63, 3.8) is 0 Å². The van der Waals surface area contributed by atoms with Gasteiger partial charge in [-0.25, -0.2) is 0 Å². The Morgan fingerprint density at radius 1 is 1.09 bits per heavy atom. The van der Waals surface area contributed by atoms with E-state index in [1.165, 1.54) is 11.1 Å². The van der Waals surface area contributed by atoms with Crippen molar-refractivity contribution in [1.82, 2.24) is 5.32 Å². The molecule has 1 atom stereocenters. The van der Waals surface area contributed by atoms with E-state index in [1.54, 1.807) is 6.92 Å². The van der Waals surface area contributed by atoms with Gasteiger partial charge < -0.3 is 10.1 Å². The molecule has 23 heavy (non-hydrogen) atoms. The second-order valence-electron chi connectivity index (χ2n) is 5.91. The lowest BCUT2D eigenvalue weighted by Crippen LogP contribution is -2.37. The Bertz CT molecular complexity index is 634. The minimum Gasteiger partial charge on any atom is -0.481 e. The van der Waals surface area contributed by atoms with Crippen molar-refractivity contribution in [3.05, 3.63) is 65.2 Å². The zero-order valence-corrected chi connectivity index (χ0v) is 14.1. The SMILES string of the molecule is Cc1ccc(CCCNC(=O)[C@@H](C)Oc2ccccc2C)cc1. The highest BCUT2D eigenvalue weighted by atomic mass is 16.5. The van der Waals surface area contributed by atoms with E-state index in [1.807, 2.05) is 31.2 Å².